The molecule has 2 aromatic carbocycles. The molecular formula is C21H24N2O3S2. The standard InChI is InChI=1S/C21H24N2O3S2/c1-14-5-3-6-15(2)19(14)26-13-18(24)22-23-20(25)16-7-9-17(10-8-16)21-27-11-4-12-28-21/h3,5-10,21H,4,11-13H2,1-2H3,(H,22,24)(H,23,25). The normalized spacial score (nSPS) is 14.4. The van der Waals surface area contributed by atoms with E-state index in [0.29, 0.717) is 15.9 Å². The minimum atomic E-state index is -0.414. The van der Waals surface area contributed by atoms with Gasteiger partial charge in [0.2, 0.25) is 0 Å². The molecule has 0 aliphatic carbocycles. The van der Waals surface area contributed by atoms with Crippen LogP contribution in [0, 0.1) is 13.8 Å². The van der Waals surface area contributed by atoms with Crippen LogP contribution in [0.3, 0.4) is 0 Å². The summed E-state index contributed by atoms with van der Waals surface area (Å²) in [5, 5.41) is 0. The van der Waals surface area contributed by atoms with Gasteiger partial charge in [-0.1, -0.05) is 30.3 Å². The van der Waals surface area contributed by atoms with Gasteiger partial charge in [-0.2, -0.15) is 0 Å². The second-order valence-electron chi connectivity index (χ2n) is 6.56. The minimum Gasteiger partial charge on any atom is -0.483 e. The van der Waals surface area contributed by atoms with E-state index >= 15 is 0 Å². The van der Waals surface area contributed by atoms with Crippen LogP contribution >= 0.6 is 23.5 Å². The Kier molecular flexibility index (Phi) is 7.28. The lowest BCUT2D eigenvalue weighted by molar-refractivity contribution is -0.123. The number of nitrogens with one attached hydrogen (secondary N) is 2. The first-order valence-electron chi connectivity index (χ1n) is 9.16. The van der Waals surface area contributed by atoms with Crippen LogP contribution in [-0.2, 0) is 4.79 Å². The number of hydrazine groups is 1. The van der Waals surface area contributed by atoms with E-state index in [4.69, 9.17) is 4.74 Å². The first kappa shape index (κ1) is 20.6. The van der Waals surface area contributed by atoms with E-state index in [0.717, 1.165) is 11.1 Å². The highest BCUT2D eigenvalue weighted by Crippen LogP contribution is 2.43. The molecule has 2 aromatic rings. The van der Waals surface area contributed by atoms with Crippen LogP contribution in [0.15, 0.2) is 42.5 Å². The zero-order valence-corrected chi connectivity index (χ0v) is 17.6. The number of amides is 2. The molecule has 1 aliphatic heterocycles. The van der Waals surface area contributed by atoms with Crippen molar-refractivity contribution in [1.29, 1.82) is 0 Å². The van der Waals surface area contributed by atoms with Crippen molar-refractivity contribution in [2.24, 2.45) is 0 Å². The molecule has 5 nitrogen and oxygen atoms in total. The summed E-state index contributed by atoms with van der Waals surface area (Å²) in [6.45, 7) is 3.69. The van der Waals surface area contributed by atoms with E-state index in [2.05, 4.69) is 10.9 Å². The summed E-state index contributed by atoms with van der Waals surface area (Å²) in [6, 6.07) is 13.3. The monoisotopic (exact) mass is 416 g/mol. The predicted molar refractivity (Wildman–Crippen MR) is 116 cm³/mol. The van der Waals surface area contributed by atoms with E-state index in [1.807, 2.05) is 67.7 Å². The smallest absolute Gasteiger partial charge is 0.276 e. The Bertz CT molecular complexity index is 814. The fraction of sp³-hybridized carbons (Fsp3) is 0.333. The number of carbonyl (C=O) groups is 2. The Morgan fingerprint density at radius 2 is 1.64 bits per heavy atom. The van der Waals surface area contributed by atoms with Gasteiger partial charge in [-0.25, -0.2) is 0 Å². The second kappa shape index (κ2) is 9.89. The molecule has 1 saturated heterocycles. The van der Waals surface area contributed by atoms with Gasteiger partial charge in [-0.15, -0.1) is 23.5 Å². The minimum absolute atomic E-state index is 0.166. The van der Waals surface area contributed by atoms with Crippen molar-refractivity contribution < 1.29 is 14.3 Å². The highest BCUT2D eigenvalue weighted by atomic mass is 32.2. The summed E-state index contributed by atoms with van der Waals surface area (Å²) in [7, 11) is 0. The van der Waals surface area contributed by atoms with Gasteiger partial charge in [0.15, 0.2) is 6.61 Å². The second-order valence-corrected chi connectivity index (χ2v) is 9.29. The zero-order chi connectivity index (χ0) is 19.9. The van der Waals surface area contributed by atoms with Crippen LogP contribution in [0.4, 0.5) is 0 Å². The highest BCUT2D eigenvalue weighted by molar-refractivity contribution is 8.16. The van der Waals surface area contributed by atoms with Gasteiger partial charge < -0.3 is 4.74 Å². The molecule has 0 bridgehead atoms. The van der Waals surface area contributed by atoms with Crippen molar-refractivity contribution in [2.75, 3.05) is 18.1 Å². The molecule has 7 heteroatoms. The van der Waals surface area contributed by atoms with Crippen LogP contribution in [-0.4, -0.2) is 29.9 Å². The number of rotatable bonds is 5. The van der Waals surface area contributed by atoms with E-state index in [1.54, 1.807) is 12.1 Å². The quantitative estimate of drug-likeness (QED) is 0.721. The molecule has 1 heterocycles. The number of hydrogen-bond donors (Lipinski definition) is 2. The maximum absolute atomic E-state index is 12.2. The number of benzene rings is 2. The Morgan fingerprint density at radius 3 is 2.29 bits per heavy atom. The number of thioether (sulfide) groups is 2. The van der Waals surface area contributed by atoms with E-state index in [1.165, 1.54) is 23.5 Å². The SMILES string of the molecule is Cc1cccc(C)c1OCC(=O)NNC(=O)c1ccc(C2SCCCS2)cc1. The largest absolute Gasteiger partial charge is 0.483 e. The van der Waals surface area contributed by atoms with Crippen LogP contribution in [0.5, 0.6) is 5.75 Å². The molecule has 1 aliphatic rings. The fourth-order valence-corrected chi connectivity index (χ4v) is 5.77. The number of aryl methyl sites for hydroxylation is 2. The van der Waals surface area contributed by atoms with Gasteiger partial charge in [0.1, 0.15) is 5.75 Å². The summed E-state index contributed by atoms with van der Waals surface area (Å²) in [5.41, 5.74) is 8.48. The van der Waals surface area contributed by atoms with Crippen molar-refractivity contribution >= 4 is 35.3 Å². The molecule has 148 valence electrons. The summed E-state index contributed by atoms with van der Waals surface area (Å²) >= 11 is 3.88. The molecule has 0 aromatic heterocycles. The summed E-state index contributed by atoms with van der Waals surface area (Å²) < 4.78 is 6.02. The van der Waals surface area contributed by atoms with Gasteiger partial charge in [0.25, 0.3) is 11.8 Å². The molecular weight excluding hydrogens is 392 g/mol. The van der Waals surface area contributed by atoms with Crippen LogP contribution in [0.1, 0.15) is 38.1 Å². The average Bonchev–Trinajstić information content (AvgIpc) is 2.72. The van der Waals surface area contributed by atoms with Gasteiger partial charge in [0, 0.05) is 5.56 Å². The molecule has 1 fully saturated rings. The van der Waals surface area contributed by atoms with E-state index in [-0.39, 0.29) is 12.5 Å². The number of para-hydroxylation sites is 1. The molecule has 0 spiro atoms. The van der Waals surface area contributed by atoms with Gasteiger partial charge in [-0.3, -0.25) is 20.4 Å². The van der Waals surface area contributed by atoms with E-state index in [9.17, 15) is 9.59 Å². The third kappa shape index (κ3) is 5.45. The Balaban J connectivity index is 1.47. The predicted octanol–water partition coefficient (Wildman–Crippen LogP) is 4.01. The molecule has 0 unspecified atom stereocenters. The molecule has 28 heavy (non-hydrogen) atoms. The van der Waals surface area contributed by atoms with Crippen molar-refractivity contribution in [1.82, 2.24) is 10.9 Å². The summed E-state index contributed by atoms with van der Waals surface area (Å²) in [5.74, 6) is 2.28. The molecule has 3 rings (SSSR count). The highest BCUT2D eigenvalue weighted by Gasteiger charge is 2.17. The Morgan fingerprint density at radius 1 is 1.00 bits per heavy atom. The molecule has 0 atom stereocenters. The van der Waals surface area contributed by atoms with Crippen molar-refractivity contribution in [3.63, 3.8) is 0 Å². The third-order valence-electron chi connectivity index (χ3n) is 4.34. The van der Waals surface area contributed by atoms with Crippen LogP contribution < -0.4 is 15.6 Å². The van der Waals surface area contributed by atoms with Gasteiger partial charge in [-0.05, 0) is 60.6 Å². The van der Waals surface area contributed by atoms with Gasteiger partial charge >= 0.3 is 0 Å². The maximum atomic E-state index is 12.2. The molecule has 0 radical (unpaired) electrons. The van der Waals surface area contributed by atoms with Crippen molar-refractivity contribution in [3.05, 3.63) is 64.7 Å². The van der Waals surface area contributed by atoms with E-state index < -0.39 is 5.91 Å². The first-order chi connectivity index (χ1) is 13.5. The van der Waals surface area contributed by atoms with Crippen molar-refractivity contribution in [2.45, 2.75) is 24.9 Å². The summed E-state index contributed by atoms with van der Waals surface area (Å²) in [4.78, 5) is 24.2. The zero-order valence-electron chi connectivity index (χ0n) is 16.0. The topological polar surface area (TPSA) is 67.4 Å². The van der Waals surface area contributed by atoms with Crippen LogP contribution in [0.25, 0.3) is 0 Å². The Hall–Kier alpha value is -2.12. The molecule has 0 saturated carbocycles. The lowest BCUT2D eigenvalue weighted by Gasteiger charge is -2.21. The lowest BCUT2D eigenvalue weighted by atomic mass is 10.1. The first-order valence-corrected chi connectivity index (χ1v) is 11.3. The van der Waals surface area contributed by atoms with Gasteiger partial charge in [0.05, 0.1) is 4.58 Å². The maximum Gasteiger partial charge on any atom is 0.276 e. The lowest BCUT2D eigenvalue weighted by Crippen LogP contribution is -2.43. The molecule has 2 amide bonds. The number of carbonyl (C=O) groups excluding carboxylic acids is 2. The summed E-state index contributed by atoms with van der Waals surface area (Å²) in [6.07, 6.45) is 1.25. The van der Waals surface area contributed by atoms with Crippen LogP contribution in [0.2, 0.25) is 0 Å². The fourth-order valence-electron chi connectivity index (χ4n) is 2.87. The average molecular weight is 417 g/mol. The Labute approximate surface area is 174 Å². The number of ether oxygens (including phenoxy) is 1. The van der Waals surface area contributed by atoms with Crippen molar-refractivity contribution in [3.8, 4) is 5.75 Å². The third-order valence-corrected chi connectivity index (χ3v) is 7.36. The number of hydrogen-bond acceptors (Lipinski definition) is 5. The molecule has 2 N–H and O–H groups in total.